The van der Waals surface area contributed by atoms with Crippen molar-refractivity contribution in [1.82, 2.24) is 0 Å². The molecule has 0 bridgehead atoms. The van der Waals surface area contributed by atoms with Crippen LogP contribution in [-0.2, 0) is 41.7 Å². The number of aliphatic hydroxyl groups excluding tert-OH is 1. The summed E-state index contributed by atoms with van der Waals surface area (Å²) in [5, 5.41) is 10.6. The molecule has 0 spiro atoms. The van der Waals surface area contributed by atoms with E-state index < -0.39 is 36.7 Å². The number of carbonyl (C=O) groups is 1. The Hall–Kier alpha value is -2.29. The first-order valence-corrected chi connectivity index (χ1v) is 9.39. The van der Waals surface area contributed by atoms with E-state index in [1.165, 1.54) is 14.2 Å². The van der Waals surface area contributed by atoms with Crippen LogP contribution in [0.1, 0.15) is 11.1 Å². The normalized spacial score (nSPS) is 26.8. The van der Waals surface area contributed by atoms with Gasteiger partial charge in [-0.15, -0.1) is 0 Å². The molecule has 1 N–H and O–H groups in total. The van der Waals surface area contributed by atoms with E-state index in [1.807, 2.05) is 60.7 Å². The Kier molecular flexibility index (Phi) is 7.74. The summed E-state index contributed by atoms with van der Waals surface area (Å²) >= 11 is 0. The van der Waals surface area contributed by atoms with Crippen molar-refractivity contribution in [2.75, 3.05) is 14.2 Å². The van der Waals surface area contributed by atoms with Gasteiger partial charge in [0.1, 0.15) is 18.3 Å². The number of ether oxygens (including phenoxy) is 5. The second-order valence-corrected chi connectivity index (χ2v) is 6.69. The van der Waals surface area contributed by atoms with Crippen molar-refractivity contribution in [1.29, 1.82) is 0 Å². The van der Waals surface area contributed by atoms with E-state index in [1.54, 1.807) is 0 Å². The molecule has 0 amide bonds. The highest BCUT2D eigenvalue weighted by molar-refractivity contribution is 5.75. The van der Waals surface area contributed by atoms with Gasteiger partial charge in [0.25, 0.3) is 0 Å². The molecule has 0 radical (unpaired) electrons. The van der Waals surface area contributed by atoms with Crippen molar-refractivity contribution >= 4 is 5.97 Å². The largest absolute Gasteiger partial charge is 0.467 e. The number of hydrogen-bond acceptors (Lipinski definition) is 7. The quantitative estimate of drug-likeness (QED) is 0.677. The van der Waals surface area contributed by atoms with Crippen molar-refractivity contribution in [3.05, 3.63) is 71.8 Å². The highest BCUT2D eigenvalue weighted by Gasteiger charge is 2.50. The Morgan fingerprint density at radius 1 is 0.862 bits per heavy atom. The lowest BCUT2D eigenvalue weighted by atomic mass is 9.98. The molecule has 3 rings (SSSR count). The monoisotopic (exact) mass is 402 g/mol. The van der Waals surface area contributed by atoms with Crippen molar-refractivity contribution in [3.8, 4) is 0 Å². The maximum absolute atomic E-state index is 12.2. The van der Waals surface area contributed by atoms with Crippen molar-refractivity contribution < 1.29 is 33.6 Å². The Morgan fingerprint density at radius 2 is 1.38 bits per heavy atom. The van der Waals surface area contributed by atoms with Gasteiger partial charge < -0.3 is 28.8 Å². The highest BCUT2D eigenvalue weighted by atomic mass is 16.7. The van der Waals surface area contributed by atoms with E-state index in [4.69, 9.17) is 23.7 Å². The Labute approximate surface area is 170 Å². The van der Waals surface area contributed by atoms with Crippen LogP contribution in [0.25, 0.3) is 0 Å². The van der Waals surface area contributed by atoms with Gasteiger partial charge in [-0.25, -0.2) is 4.79 Å². The third kappa shape index (κ3) is 5.41. The van der Waals surface area contributed by atoms with Gasteiger partial charge in [-0.05, 0) is 11.1 Å². The van der Waals surface area contributed by atoms with Crippen LogP contribution in [0.3, 0.4) is 0 Å². The van der Waals surface area contributed by atoms with Crippen molar-refractivity contribution in [3.63, 3.8) is 0 Å². The maximum Gasteiger partial charge on any atom is 0.337 e. The zero-order chi connectivity index (χ0) is 20.6. The molecule has 0 unspecified atom stereocenters. The van der Waals surface area contributed by atoms with E-state index in [9.17, 15) is 9.90 Å². The van der Waals surface area contributed by atoms with Crippen LogP contribution in [0.4, 0.5) is 0 Å². The minimum atomic E-state index is -1.38. The van der Waals surface area contributed by atoms with Gasteiger partial charge in [-0.2, -0.15) is 0 Å². The first-order chi connectivity index (χ1) is 14.1. The summed E-state index contributed by atoms with van der Waals surface area (Å²) in [6, 6.07) is 19.1. The van der Waals surface area contributed by atoms with Crippen LogP contribution >= 0.6 is 0 Å². The number of hydrogen-bond donors (Lipinski definition) is 1. The van der Waals surface area contributed by atoms with Gasteiger partial charge >= 0.3 is 5.97 Å². The second-order valence-electron chi connectivity index (χ2n) is 6.69. The minimum absolute atomic E-state index is 0.246. The first kappa shape index (κ1) is 21.4. The van der Waals surface area contributed by atoms with Gasteiger partial charge in [0, 0.05) is 7.11 Å². The summed E-state index contributed by atoms with van der Waals surface area (Å²) in [7, 11) is 2.71. The fourth-order valence-corrected chi connectivity index (χ4v) is 3.29. The third-order valence-electron chi connectivity index (χ3n) is 4.79. The Morgan fingerprint density at radius 3 is 1.86 bits per heavy atom. The van der Waals surface area contributed by atoms with Crippen LogP contribution < -0.4 is 0 Å². The van der Waals surface area contributed by atoms with Crippen LogP contribution in [0.15, 0.2) is 60.7 Å². The molecule has 0 saturated carbocycles. The highest BCUT2D eigenvalue weighted by Crippen LogP contribution is 2.29. The predicted molar refractivity (Wildman–Crippen MR) is 104 cm³/mol. The topological polar surface area (TPSA) is 83.5 Å². The van der Waals surface area contributed by atoms with Crippen LogP contribution in [-0.4, -0.2) is 56.0 Å². The molecule has 2 aromatic rings. The smallest absolute Gasteiger partial charge is 0.337 e. The fraction of sp³-hybridized carbons (Fsp3) is 0.409. The van der Waals surface area contributed by atoms with Crippen LogP contribution in [0, 0.1) is 0 Å². The van der Waals surface area contributed by atoms with E-state index in [-0.39, 0.29) is 13.2 Å². The van der Waals surface area contributed by atoms with Gasteiger partial charge in [-0.1, -0.05) is 60.7 Å². The lowest BCUT2D eigenvalue weighted by molar-refractivity contribution is -0.304. The second kappa shape index (κ2) is 10.5. The number of carbonyl (C=O) groups excluding carboxylic acids is 1. The summed E-state index contributed by atoms with van der Waals surface area (Å²) in [6.07, 6.45) is -4.93. The minimum Gasteiger partial charge on any atom is -0.467 e. The lowest BCUT2D eigenvalue weighted by Crippen LogP contribution is -2.62. The molecule has 1 fully saturated rings. The molecule has 7 nitrogen and oxygen atoms in total. The fourth-order valence-electron chi connectivity index (χ4n) is 3.29. The maximum atomic E-state index is 12.2. The number of benzene rings is 2. The van der Waals surface area contributed by atoms with Crippen LogP contribution in [0.5, 0.6) is 0 Å². The van der Waals surface area contributed by atoms with E-state index in [0.29, 0.717) is 0 Å². The average Bonchev–Trinajstić information content (AvgIpc) is 2.77. The molecule has 1 aliphatic heterocycles. The molecule has 156 valence electrons. The van der Waals surface area contributed by atoms with Gasteiger partial charge in [-0.3, -0.25) is 0 Å². The van der Waals surface area contributed by atoms with E-state index in [2.05, 4.69) is 0 Å². The molecule has 1 aliphatic rings. The Balaban J connectivity index is 1.79. The van der Waals surface area contributed by atoms with Gasteiger partial charge in [0.15, 0.2) is 12.4 Å². The summed E-state index contributed by atoms with van der Waals surface area (Å²) in [4.78, 5) is 12.2. The number of aliphatic hydroxyl groups is 1. The molecular weight excluding hydrogens is 376 g/mol. The Bertz CT molecular complexity index is 752. The zero-order valence-electron chi connectivity index (χ0n) is 16.5. The number of methoxy groups -OCH3 is 2. The molecule has 7 heteroatoms. The van der Waals surface area contributed by atoms with Gasteiger partial charge in [0.05, 0.1) is 20.3 Å². The molecule has 1 heterocycles. The van der Waals surface area contributed by atoms with E-state index >= 15 is 0 Å². The predicted octanol–water partition coefficient (Wildman–Crippen LogP) is 2.06. The first-order valence-electron chi connectivity index (χ1n) is 9.39. The third-order valence-corrected chi connectivity index (χ3v) is 4.79. The van der Waals surface area contributed by atoms with Crippen molar-refractivity contribution in [2.45, 2.75) is 43.9 Å². The number of esters is 1. The molecule has 0 aromatic heterocycles. The average molecular weight is 402 g/mol. The molecule has 5 atom stereocenters. The summed E-state index contributed by atoms with van der Waals surface area (Å²) in [5.74, 6) is -0.647. The van der Waals surface area contributed by atoms with E-state index in [0.717, 1.165) is 11.1 Å². The molecule has 1 saturated heterocycles. The molecule has 2 aromatic carbocycles. The van der Waals surface area contributed by atoms with Crippen molar-refractivity contribution in [2.24, 2.45) is 0 Å². The van der Waals surface area contributed by atoms with Gasteiger partial charge in [0.2, 0.25) is 0 Å². The molecule has 29 heavy (non-hydrogen) atoms. The summed E-state index contributed by atoms with van der Waals surface area (Å²) in [6.45, 7) is 0.508. The zero-order valence-corrected chi connectivity index (χ0v) is 16.5. The van der Waals surface area contributed by atoms with Crippen LogP contribution in [0.2, 0.25) is 0 Å². The SMILES string of the molecule is COC(=O)[C@H]1O[C@H](O)[C@H](OCc2ccccc2)[C@@H](OCc2ccccc2)[C@H]1OC. The molecular formula is C22H26O7. The number of rotatable bonds is 8. The standard InChI is InChI=1S/C22H26O7/c1-25-17-18(27-13-15-9-5-3-6-10-15)19(22(24)29-20(17)21(23)26-2)28-14-16-11-7-4-8-12-16/h3-12,17-20,22,24H,13-14H2,1-2H3/t17-,18+,19-,20+,22+/m1/s1. The summed E-state index contributed by atoms with van der Waals surface area (Å²) in [5.41, 5.74) is 1.88. The summed E-state index contributed by atoms with van der Waals surface area (Å²) < 4.78 is 27.8. The molecule has 0 aliphatic carbocycles. The lowest BCUT2D eigenvalue weighted by Gasteiger charge is -2.42.